The molecule has 1 saturated carbocycles. The number of rotatable bonds is 7. The Balaban J connectivity index is 1.40. The summed E-state index contributed by atoms with van der Waals surface area (Å²) in [5.74, 6) is 0.649. The van der Waals surface area contributed by atoms with Crippen molar-refractivity contribution in [2.24, 2.45) is 0 Å². The summed E-state index contributed by atoms with van der Waals surface area (Å²) >= 11 is 0. The van der Waals surface area contributed by atoms with Gasteiger partial charge in [0.1, 0.15) is 12.7 Å². The van der Waals surface area contributed by atoms with Crippen LogP contribution in [-0.4, -0.2) is 64.4 Å². The molecule has 1 aromatic rings. The first-order chi connectivity index (χ1) is 12.0. The second-order valence-electron chi connectivity index (χ2n) is 6.65. The van der Waals surface area contributed by atoms with E-state index in [2.05, 4.69) is 10.4 Å². The van der Waals surface area contributed by atoms with Crippen molar-refractivity contribution < 1.29 is 19.1 Å². The minimum atomic E-state index is -0.133. The Morgan fingerprint density at radius 2 is 2.16 bits per heavy atom. The molecule has 2 heterocycles. The van der Waals surface area contributed by atoms with Crippen LogP contribution in [0.1, 0.15) is 33.1 Å². The molecule has 138 valence electrons. The van der Waals surface area contributed by atoms with Crippen molar-refractivity contribution in [1.82, 2.24) is 20.0 Å². The maximum absolute atomic E-state index is 12.1. The quantitative estimate of drug-likeness (QED) is 0.777. The first kappa shape index (κ1) is 17.7. The van der Waals surface area contributed by atoms with Gasteiger partial charge in [-0.25, -0.2) is 0 Å². The van der Waals surface area contributed by atoms with Gasteiger partial charge in [-0.05, 0) is 26.2 Å². The lowest BCUT2D eigenvalue weighted by Gasteiger charge is -2.38. The first-order valence-electron chi connectivity index (χ1n) is 8.90. The number of amides is 2. The number of carbonyl (C=O) groups is 2. The molecule has 2 atom stereocenters. The summed E-state index contributed by atoms with van der Waals surface area (Å²) in [6.07, 6.45) is 6.35. The third kappa shape index (κ3) is 4.50. The lowest BCUT2D eigenvalue weighted by molar-refractivity contribution is -0.146. The second kappa shape index (κ2) is 7.86. The molecule has 25 heavy (non-hydrogen) atoms. The van der Waals surface area contributed by atoms with Crippen molar-refractivity contribution in [1.29, 1.82) is 0 Å². The van der Waals surface area contributed by atoms with Gasteiger partial charge in [-0.2, -0.15) is 5.10 Å². The van der Waals surface area contributed by atoms with Gasteiger partial charge in [-0.3, -0.25) is 14.3 Å². The molecule has 0 radical (unpaired) electrons. The molecule has 2 aliphatic rings. The lowest BCUT2D eigenvalue weighted by Crippen LogP contribution is -2.55. The van der Waals surface area contributed by atoms with Crippen molar-refractivity contribution >= 4 is 11.8 Å². The second-order valence-corrected chi connectivity index (χ2v) is 6.65. The van der Waals surface area contributed by atoms with Crippen LogP contribution in [-0.2, 0) is 20.9 Å². The van der Waals surface area contributed by atoms with Crippen molar-refractivity contribution in [3.05, 3.63) is 12.4 Å². The standard InChI is InChI=1S/C17H26N4O4/c1-3-21-10-13(7-18-21)25-16-6-4-5-15(16)19-17(23)11-24-14-8-20(9-14)12(2)22/h7,10,14-16H,3-6,8-9,11H2,1-2H3,(H,19,23)/t15-,16+/m0/s1. The maximum Gasteiger partial charge on any atom is 0.246 e. The third-order valence-electron chi connectivity index (χ3n) is 4.76. The number of nitrogens with zero attached hydrogens (tertiary/aromatic N) is 3. The lowest BCUT2D eigenvalue weighted by atomic mass is 10.1. The van der Waals surface area contributed by atoms with Crippen molar-refractivity contribution in [2.45, 2.75) is 57.9 Å². The van der Waals surface area contributed by atoms with Crippen LogP contribution >= 0.6 is 0 Å². The molecule has 2 amide bonds. The number of aromatic nitrogens is 2. The van der Waals surface area contributed by atoms with Crippen LogP contribution in [0.15, 0.2) is 12.4 Å². The molecular weight excluding hydrogens is 324 g/mol. The molecule has 0 spiro atoms. The fraction of sp³-hybridized carbons (Fsp3) is 0.706. The zero-order valence-electron chi connectivity index (χ0n) is 14.8. The molecule has 8 nitrogen and oxygen atoms in total. The van der Waals surface area contributed by atoms with Gasteiger partial charge in [0.15, 0.2) is 5.75 Å². The molecule has 1 aliphatic carbocycles. The van der Waals surface area contributed by atoms with Gasteiger partial charge in [0, 0.05) is 26.6 Å². The topological polar surface area (TPSA) is 85.7 Å². The molecule has 3 rings (SSSR count). The number of hydrogen-bond acceptors (Lipinski definition) is 5. The van der Waals surface area contributed by atoms with E-state index >= 15 is 0 Å². The van der Waals surface area contributed by atoms with E-state index in [1.807, 2.05) is 17.8 Å². The van der Waals surface area contributed by atoms with E-state index in [0.717, 1.165) is 31.6 Å². The average molecular weight is 350 g/mol. The number of aryl methyl sites for hydroxylation is 1. The molecule has 0 bridgehead atoms. The van der Waals surface area contributed by atoms with E-state index in [1.165, 1.54) is 6.92 Å². The van der Waals surface area contributed by atoms with Crippen LogP contribution in [0.25, 0.3) is 0 Å². The van der Waals surface area contributed by atoms with E-state index in [9.17, 15) is 9.59 Å². The van der Waals surface area contributed by atoms with Crippen molar-refractivity contribution in [2.75, 3.05) is 19.7 Å². The van der Waals surface area contributed by atoms with Crippen LogP contribution in [0.4, 0.5) is 0 Å². The highest BCUT2D eigenvalue weighted by molar-refractivity contribution is 5.77. The van der Waals surface area contributed by atoms with E-state index < -0.39 is 0 Å². The monoisotopic (exact) mass is 350 g/mol. The summed E-state index contributed by atoms with van der Waals surface area (Å²) in [6.45, 7) is 5.51. The van der Waals surface area contributed by atoms with Gasteiger partial charge in [0.05, 0.1) is 24.5 Å². The van der Waals surface area contributed by atoms with Crippen LogP contribution < -0.4 is 10.1 Å². The van der Waals surface area contributed by atoms with E-state index in [4.69, 9.17) is 9.47 Å². The van der Waals surface area contributed by atoms with Gasteiger partial charge < -0.3 is 19.7 Å². The fourth-order valence-electron chi connectivity index (χ4n) is 3.23. The largest absolute Gasteiger partial charge is 0.485 e. The zero-order chi connectivity index (χ0) is 17.8. The first-order valence-corrected chi connectivity index (χ1v) is 8.90. The summed E-state index contributed by atoms with van der Waals surface area (Å²) in [4.78, 5) is 24.9. The summed E-state index contributed by atoms with van der Waals surface area (Å²) in [5, 5.41) is 7.21. The SMILES string of the molecule is CCn1cc(O[C@@H]2CCC[C@@H]2NC(=O)COC2CN(C(C)=O)C2)cn1. The number of carbonyl (C=O) groups excluding carboxylic acids is 2. The van der Waals surface area contributed by atoms with Crippen LogP contribution in [0.3, 0.4) is 0 Å². The summed E-state index contributed by atoms with van der Waals surface area (Å²) in [5.41, 5.74) is 0. The number of likely N-dealkylation sites (tertiary alicyclic amines) is 1. The molecule has 1 aliphatic heterocycles. The summed E-state index contributed by atoms with van der Waals surface area (Å²) in [7, 11) is 0. The van der Waals surface area contributed by atoms with Crippen LogP contribution in [0.2, 0.25) is 0 Å². The van der Waals surface area contributed by atoms with Crippen LogP contribution in [0, 0.1) is 0 Å². The van der Waals surface area contributed by atoms with E-state index in [1.54, 1.807) is 11.1 Å². The minimum Gasteiger partial charge on any atom is -0.485 e. The Labute approximate surface area is 147 Å². The highest BCUT2D eigenvalue weighted by atomic mass is 16.5. The predicted octanol–water partition coefficient (Wildman–Crippen LogP) is 0.566. The Morgan fingerprint density at radius 1 is 1.36 bits per heavy atom. The third-order valence-corrected chi connectivity index (χ3v) is 4.76. The van der Waals surface area contributed by atoms with E-state index in [0.29, 0.717) is 13.1 Å². The number of nitrogens with one attached hydrogen (secondary N) is 1. The molecular formula is C17H26N4O4. The Morgan fingerprint density at radius 3 is 2.84 bits per heavy atom. The summed E-state index contributed by atoms with van der Waals surface area (Å²) in [6, 6.07) is -0.00353. The van der Waals surface area contributed by atoms with Crippen LogP contribution in [0.5, 0.6) is 5.75 Å². The van der Waals surface area contributed by atoms with Gasteiger partial charge in [-0.1, -0.05) is 0 Å². The molecule has 0 unspecified atom stereocenters. The predicted molar refractivity (Wildman–Crippen MR) is 90.1 cm³/mol. The highest BCUT2D eigenvalue weighted by Crippen LogP contribution is 2.24. The average Bonchev–Trinajstić information content (AvgIpc) is 3.15. The minimum absolute atomic E-state index is 0.00353. The highest BCUT2D eigenvalue weighted by Gasteiger charge is 2.32. The zero-order valence-corrected chi connectivity index (χ0v) is 14.8. The normalized spacial score (nSPS) is 23.4. The Kier molecular flexibility index (Phi) is 5.57. The van der Waals surface area contributed by atoms with Crippen molar-refractivity contribution in [3.8, 4) is 5.75 Å². The van der Waals surface area contributed by atoms with Gasteiger partial charge in [0.25, 0.3) is 0 Å². The van der Waals surface area contributed by atoms with Gasteiger partial charge in [0.2, 0.25) is 11.8 Å². The Bertz CT molecular complexity index is 612. The molecule has 1 aromatic heterocycles. The molecule has 1 N–H and O–H groups in total. The molecule has 0 aromatic carbocycles. The van der Waals surface area contributed by atoms with Crippen molar-refractivity contribution in [3.63, 3.8) is 0 Å². The molecule has 2 fully saturated rings. The fourth-order valence-corrected chi connectivity index (χ4v) is 3.23. The van der Waals surface area contributed by atoms with E-state index in [-0.39, 0.29) is 36.7 Å². The number of ether oxygens (including phenoxy) is 2. The smallest absolute Gasteiger partial charge is 0.246 e. The summed E-state index contributed by atoms with van der Waals surface area (Å²) < 4.78 is 13.3. The molecule has 8 heteroatoms. The molecule has 1 saturated heterocycles. The number of hydrogen-bond donors (Lipinski definition) is 1. The van der Waals surface area contributed by atoms with Gasteiger partial charge in [-0.15, -0.1) is 0 Å². The Hall–Kier alpha value is -2.09. The van der Waals surface area contributed by atoms with Gasteiger partial charge >= 0.3 is 0 Å². The maximum atomic E-state index is 12.1.